The number of aryl methyl sites for hydroxylation is 1. The Morgan fingerprint density at radius 3 is 2.94 bits per heavy atom. The molecule has 5 nitrogen and oxygen atoms in total. The predicted molar refractivity (Wildman–Crippen MR) is 61.1 cm³/mol. The van der Waals surface area contributed by atoms with Crippen LogP contribution in [0.2, 0.25) is 0 Å². The van der Waals surface area contributed by atoms with Crippen molar-refractivity contribution in [1.82, 2.24) is 14.9 Å². The first kappa shape index (κ1) is 12.5. The zero-order chi connectivity index (χ0) is 12.0. The lowest BCUT2D eigenvalue weighted by Gasteiger charge is -2.07. The summed E-state index contributed by atoms with van der Waals surface area (Å²) < 4.78 is 6.85. The molecule has 0 fully saturated rings. The Labute approximate surface area is 95.8 Å². The molecule has 0 atom stereocenters. The average Bonchev–Trinajstić information content (AvgIpc) is 2.61. The SMILES string of the molecule is CC(C)COC(=O)NCCc1cn(C)cn1. The van der Waals surface area contributed by atoms with Crippen LogP contribution in [0.15, 0.2) is 12.5 Å². The molecule has 1 rings (SSSR count). The summed E-state index contributed by atoms with van der Waals surface area (Å²) in [6.45, 7) is 5.01. The Balaban J connectivity index is 2.13. The Kier molecular flexibility index (Phi) is 4.82. The van der Waals surface area contributed by atoms with Crippen LogP contribution in [0.3, 0.4) is 0 Å². The van der Waals surface area contributed by atoms with Crippen molar-refractivity contribution < 1.29 is 9.53 Å². The second kappa shape index (κ2) is 6.15. The first-order chi connectivity index (χ1) is 7.58. The number of carbonyl (C=O) groups is 1. The Hall–Kier alpha value is -1.52. The molecule has 16 heavy (non-hydrogen) atoms. The van der Waals surface area contributed by atoms with Crippen LogP contribution in [-0.4, -0.2) is 28.8 Å². The summed E-state index contributed by atoms with van der Waals surface area (Å²) in [6.07, 6.45) is 4.04. The number of rotatable bonds is 5. The van der Waals surface area contributed by atoms with Crippen LogP contribution in [0.4, 0.5) is 4.79 Å². The minimum absolute atomic E-state index is 0.357. The molecular formula is C11H19N3O2. The zero-order valence-corrected chi connectivity index (χ0v) is 10.1. The summed E-state index contributed by atoms with van der Waals surface area (Å²) >= 11 is 0. The molecule has 0 bridgehead atoms. The minimum Gasteiger partial charge on any atom is -0.449 e. The lowest BCUT2D eigenvalue weighted by atomic mass is 10.2. The van der Waals surface area contributed by atoms with E-state index < -0.39 is 0 Å². The van der Waals surface area contributed by atoms with E-state index in [4.69, 9.17) is 4.74 Å². The molecular weight excluding hydrogens is 206 g/mol. The number of nitrogens with zero attached hydrogens (tertiary/aromatic N) is 2. The van der Waals surface area contributed by atoms with E-state index in [0.29, 0.717) is 19.1 Å². The molecule has 1 heterocycles. The number of nitrogens with one attached hydrogen (secondary N) is 1. The number of aromatic nitrogens is 2. The third-order valence-electron chi connectivity index (χ3n) is 1.96. The van der Waals surface area contributed by atoms with E-state index in [2.05, 4.69) is 10.3 Å². The highest BCUT2D eigenvalue weighted by Crippen LogP contribution is 1.95. The third-order valence-corrected chi connectivity index (χ3v) is 1.96. The maximum Gasteiger partial charge on any atom is 0.407 e. The number of hydrogen-bond donors (Lipinski definition) is 1. The predicted octanol–water partition coefficient (Wildman–Crippen LogP) is 1.34. The second-order valence-corrected chi connectivity index (χ2v) is 4.20. The van der Waals surface area contributed by atoms with Crippen molar-refractivity contribution in [3.8, 4) is 0 Å². The van der Waals surface area contributed by atoms with E-state index in [9.17, 15) is 4.79 Å². The number of ether oxygens (including phenoxy) is 1. The van der Waals surface area contributed by atoms with E-state index in [0.717, 1.165) is 12.1 Å². The van der Waals surface area contributed by atoms with Crippen molar-refractivity contribution in [2.75, 3.05) is 13.2 Å². The highest BCUT2D eigenvalue weighted by atomic mass is 16.5. The van der Waals surface area contributed by atoms with Crippen molar-refractivity contribution >= 4 is 6.09 Å². The Morgan fingerprint density at radius 2 is 2.38 bits per heavy atom. The molecule has 90 valence electrons. The van der Waals surface area contributed by atoms with Gasteiger partial charge in [0.15, 0.2) is 0 Å². The molecule has 0 saturated heterocycles. The lowest BCUT2D eigenvalue weighted by Crippen LogP contribution is -2.27. The summed E-state index contributed by atoms with van der Waals surface area (Å²) in [4.78, 5) is 15.3. The quantitative estimate of drug-likeness (QED) is 0.822. The Bertz CT molecular complexity index is 334. The topological polar surface area (TPSA) is 56.1 Å². The van der Waals surface area contributed by atoms with Crippen molar-refractivity contribution in [3.63, 3.8) is 0 Å². The van der Waals surface area contributed by atoms with Crippen LogP contribution < -0.4 is 5.32 Å². The fourth-order valence-corrected chi connectivity index (χ4v) is 1.18. The molecule has 0 aromatic carbocycles. The minimum atomic E-state index is -0.357. The largest absolute Gasteiger partial charge is 0.449 e. The van der Waals surface area contributed by atoms with E-state index >= 15 is 0 Å². The van der Waals surface area contributed by atoms with Gasteiger partial charge in [0, 0.05) is 26.2 Å². The maximum atomic E-state index is 11.2. The van der Waals surface area contributed by atoms with Gasteiger partial charge in [-0.2, -0.15) is 0 Å². The van der Waals surface area contributed by atoms with Gasteiger partial charge in [0.1, 0.15) is 0 Å². The van der Waals surface area contributed by atoms with Gasteiger partial charge in [0.2, 0.25) is 0 Å². The van der Waals surface area contributed by atoms with Gasteiger partial charge < -0.3 is 14.6 Å². The van der Waals surface area contributed by atoms with Gasteiger partial charge in [-0.1, -0.05) is 13.8 Å². The van der Waals surface area contributed by atoms with Gasteiger partial charge >= 0.3 is 6.09 Å². The van der Waals surface area contributed by atoms with Gasteiger partial charge in [-0.15, -0.1) is 0 Å². The second-order valence-electron chi connectivity index (χ2n) is 4.20. The smallest absolute Gasteiger partial charge is 0.407 e. The molecule has 1 aromatic heterocycles. The first-order valence-corrected chi connectivity index (χ1v) is 5.45. The van der Waals surface area contributed by atoms with E-state index in [1.165, 1.54) is 0 Å². The van der Waals surface area contributed by atoms with E-state index in [-0.39, 0.29) is 6.09 Å². The average molecular weight is 225 g/mol. The van der Waals surface area contributed by atoms with Crippen molar-refractivity contribution in [2.24, 2.45) is 13.0 Å². The molecule has 1 N–H and O–H groups in total. The fraction of sp³-hybridized carbons (Fsp3) is 0.636. The van der Waals surface area contributed by atoms with Gasteiger partial charge in [-0.05, 0) is 5.92 Å². The van der Waals surface area contributed by atoms with Crippen molar-refractivity contribution in [3.05, 3.63) is 18.2 Å². The van der Waals surface area contributed by atoms with Crippen LogP contribution in [0, 0.1) is 5.92 Å². The molecule has 0 spiro atoms. The molecule has 1 amide bonds. The number of hydrogen-bond acceptors (Lipinski definition) is 3. The monoisotopic (exact) mass is 225 g/mol. The number of amides is 1. The van der Waals surface area contributed by atoms with Crippen molar-refractivity contribution in [2.45, 2.75) is 20.3 Å². The van der Waals surface area contributed by atoms with E-state index in [1.807, 2.05) is 31.7 Å². The molecule has 0 radical (unpaired) electrons. The maximum absolute atomic E-state index is 11.2. The summed E-state index contributed by atoms with van der Waals surface area (Å²) in [6, 6.07) is 0. The highest BCUT2D eigenvalue weighted by molar-refractivity contribution is 5.67. The molecule has 5 heteroatoms. The highest BCUT2D eigenvalue weighted by Gasteiger charge is 2.03. The van der Waals surface area contributed by atoms with Crippen LogP contribution in [-0.2, 0) is 18.2 Å². The van der Waals surface area contributed by atoms with Crippen LogP contribution >= 0.6 is 0 Å². The molecule has 0 saturated carbocycles. The summed E-state index contributed by atoms with van der Waals surface area (Å²) in [5, 5.41) is 2.69. The summed E-state index contributed by atoms with van der Waals surface area (Å²) in [7, 11) is 1.92. The molecule has 0 unspecified atom stereocenters. The zero-order valence-electron chi connectivity index (χ0n) is 10.1. The number of carbonyl (C=O) groups excluding carboxylic acids is 1. The van der Waals surface area contributed by atoms with Crippen LogP contribution in [0.5, 0.6) is 0 Å². The third kappa shape index (κ3) is 4.82. The lowest BCUT2D eigenvalue weighted by molar-refractivity contribution is 0.133. The summed E-state index contributed by atoms with van der Waals surface area (Å²) in [5.41, 5.74) is 0.964. The van der Waals surface area contributed by atoms with Crippen LogP contribution in [0.25, 0.3) is 0 Å². The first-order valence-electron chi connectivity index (χ1n) is 5.45. The van der Waals surface area contributed by atoms with Gasteiger partial charge in [0.25, 0.3) is 0 Å². The molecule has 1 aromatic rings. The molecule has 0 aliphatic carbocycles. The molecule has 0 aliphatic heterocycles. The number of imidazole rings is 1. The standard InChI is InChI=1S/C11H19N3O2/c1-9(2)7-16-11(15)12-5-4-10-6-14(3)8-13-10/h6,8-9H,4-5,7H2,1-3H3,(H,12,15). The number of alkyl carbamates (subject to hydrolysis) is 1. The van der Waals surface area contributed by atoms with E-state index in [1.54, 1.807) is 6.33 Å². The van der Waals surface area contributed by atoms with Crippen LogP contribution in [0.1, 0.15) is 19.5 Å². The fourth-order valence-electron chi connectivity index (χ4n) is 1.18. The van der Waals surface area contributed by atoms with Gasteiger partial charge in [-0.25, -0.2) is 9.78 Å². The Morgan fingerprint density at radius 1 is 1.62 bits per heavy atom. The van der Waals surface area contributed by atoms with Gasteiger partial charge in [-0.3, -0.25) is 0 Å². The summed E-state index contributed by atoms with van der Waals surface area (Å²) in [5.74, 6) is 0.363. The van der Waals surface area contributed by atoms with Crippen molar-refractivity contribution in [1.29, 1.82) is 0 Å². The molecule has 0 aliphatic rings. The van der Waals surface area contributed by atoms with Gasteiger partial charge in [0.05, 0.1) is 18.6 Å². The normalized spacial score (nSPS) is 10.5.